The summed E-state index contributed by atoms with van der Waals surface area (Å²) in [4.78, 5) is 15.3. The Morgan fingerprint density at radius 1 is 1.71 bits per heavy atom. The largest absolute Gasteiger partial charge is 0.354 e. The number of carbonyl (C=O) groups is 1. The van der Waals surface area contributed by atoms with Crippen LogP contribution in [0.1, 0.15) is 24.8 Å². The van der Waals surface area contributed by atoms with Crippen LogP contribution in [0.5, 0.6) is 0 Å². The minimum Gasteiger partial charge on any atom is -0.354 e. The van der Waals surface area contributed by atoms with Crippen LogP contribution in [-0.2, 0) is 4.79 Å². The van der Waals surface area contributed by atoms with Gasteiger partial charge in [-0.2, -0.15) is 0 Å². The molecule has 1 aromatic heterocycles. The zero-order valence-corrected chi connectivity index (χ0v) is 9.73. The van der Waals surface area contributed by atoms with Gasteiger partial charge >= 0.3 is 0 Å². The highest BCUT2D eigenvalue weighted by Crippen LogP contribution is 2.16. The van der Waals surface area contributed by atoms with Crippen molar-refractivity contribution in [2.24, 2.45) is 0 Å². The van der Waals surface area contributed by atoms with Crippen molar-refractivity contribution in [3.05, 3.63) is 16.6 Å². The van der Waals surface area contributed by atoms with E-state index in [9.17, 15) is 4.79 Å². The second-order valence-corrected chi connectivity index (χ2v) is 4.71. The van der Waals surface area contributed by atoms with E-state index in [-0.39, 0.29) is 11.8 Å². The summed E-state index contributed by atoms with van der Waals surface area (Å²) < 4.78 is 0. The molecule has 14 heavy (non-hydrogen) atoms. The van der Waals surface area contributed by atoms with Crippen molar-refractivity contribution in [1.82, 2.24) is 10.3 Å². The lowest BCUT2D eigenvalue weighted by Crippen LogP contribution is -2.32. The van der Waals surface area contributed by atoms with Crippen molar-refractivity contribution in [2.75, 3.05) is 6.54 Å². The molecule has 0 saturated heterocycles. The van der Waals surface area contributed by atoms with Crippen LogP contribution in [0.15, 0.2) is 11.6 Å². The average Bonchev–Trinajstić information content (AvgIpc) is 2.66. The van der Waals surface area contributed by atoms with Gasteiger partial charge in [0.05, 0.1) is 5.01 Å². The van der Waals surface area contributed by atoms with Gasteiger partial charge in [0, 0.05) is 24.0 Å². The van der Waals surface area contributed by atoms with Crippen molar-refractivity contribution in [3.8, 4) is 0 Å². The molecule has 0 aliphatic heterocycles. The Bertz CT molecular complexity index is 287. The number of nitrogens with one attached hydrogen (secondary N) is 1. The summed E-state index contributed by atoms with van der Waals surface area (Å²) in [5.41, 5.74) is 0. The van der Waals surface area contributed by atoms with Crippen LogP contribution >= 0.6 is 22.9 Å². The number of thiazole rings is 1. The number of hydrogen-bond acceptors (Lipinski definition) is 3. The molecular formula is C9H13ClN2OS. The van der Waals surface area contributed by atoms with E-state index in [2.05, 4.69) is 10.3 Å². The van der Waals surface area contributed by atoms with Gasteiger partial charge in [-0.15, -0.1) is 22.9 Å². The second kappa shape index (κ2) is 5.32. The van der Waals surface area contributed by atoms with E-state index in [0.717, 1.165) is 5.01 Å². The molecule has 0 spiro atoms. The highest BCUT2D eigenvalue weighted by atomic mass is 35.5. The number of hydrogen-bond donors (Lipinski definition) is 1. The highest BCUT2D eigenvalue weighted by molar-refractivity contribution is 7.09. The summed E-state index contributed by atoms with van der Waals surface area (Å²) in [6.07, 6.45) is 1.77. The Morgan fingerprint density at radius 3 is 2.93 bits per heavy atom. The van der Waals surface area contributed by atoms with Gasteiger partial charge in [-0.25, -0.2) is 4.98 Å². The number of aromatic nitrogens is 1. The van der Waals surface area contributed by atoms with Gasteiger partial charge in [-0.1, -0.05) is 6.92 Å². The predicted octanol–water partition coefficient (Wildman–Crippen LogP) is 1.99. The van der Waals surface area contributed by atoms with E-state index in [1.807, 2.05) is 12.3 Å². The molecule has 0 saturated carbocycles. The fourth-order valence-electron chi connectivity index (χ4n) is 0.959. The number of rotatable bonds is 4. The number of carbonyl (C=O) groups excluding carboxylic acids is 1. The summed E-state index contributed by atoms with van der Waals surface area (Å²) in [6.45, 7) is 4.27. The molecule has 1 heterocycles. The van der Waals surface area contributed by atoms with Gasteiger partial charge in [-0.3, -0.25) is 4.79 Å². The van der Waals surface area contributed by atoms with Gasteiger partial charge in [0.2, 0.25) is 5.91 Å². The maximum absolute atomic E-state index is 11.2. The van der Waals surface area contributed by atoms with Crippen molar-refractivity contribution >= 4 is 28.8 Å². The molecule has 2 atom stereocenters. The highest BCUT2D eigenvalue weighted by Gasteiger charge is 2.12. The minimum atomic E-state index is -0.474. The first-order valence-electron chi connectivity index (χ1n) is 4.42. The zero-order chi connectivity index (χ0) is 10.6. The van der Waals surface area contributed by atoms with E-state index < -0.39 is 5.38 Å². The van der Waals surface area contributed by atoms with Crippen LogP contribution in [0.3, 0.4) is 0 Å². The molecule has 0 aliphatic carbocycles. The minimum absolute atomic E-state index is 0.130. The molecular weight excluding hydrogens is 220 g/mol. The first kappa shape index (κ1) is 11.5. The Labute approximate surface area is 92.5 Å². The van der Waals surface area contributed by atoms with Crippen molar-refractivity contribution in [1.29, 1.82) is 0 Å². The molecule has 78 valence electrons. The fraction of sp³-hybridized carbons (Fsp3) is 0.556. The molecule has 2 unspecified atom stereocenters. The van der Waals surface area contributed by atoms with Crippen LogP contribution in [0.25, 0.3) is 0 Å². The van der Waals surface area contributed by atoms with Gasteiger partial charge in [-0.05, 0) is 6.92 Å². The molecule has 1 amide bonds. The first-order chi connectivity index (χ1) is 6.61. The summed E-state index contributed by atoms with van der Waals surface area (Å²) >= 11 is 7.21. The van der Waals surface area contributed by atoms with Gasteiger partial charge in [0.25, 0.3) is 0 Å². The Hall–Kier alpha value is -0.610. The lowest BCUT2D eigenvalue weighted by Gasteiger charge is -2.10. The van der Waals surface area contributed by atoms with E-state index >= 15 is 0 Å². The smallest absolute Gasteiger partial charge is 0.237 e. The van der Waals surface area contributed by atoms with Crippen LogP contribution < -0.4 is 5.32 Å². The molecule has 0 bridgehead atoms. The van der Waals surface area contributed by atoms with E-state index in [1.54, 1.807) is 24.5 Å². The van der Waals surface area contributed by atoms with Gasteiger partial charge < -0.3 is 5.32 Å². The van der Waals surface area contributed by atoms with Gasteiger partial charge in [0.15, 0.2) is 0 Å². The SMILES string of the molecule is CC(Cl)C(=O)NCC(C)c1nccs1. The summed E-state index contributed by atoms with van der Waals surface area (Å²) in [7, 11) is 0. The van der Waals surface area contributed by atoms with Crippen LogP contribution in [-0.4, -0.2) is 22.8 Å². The molecule has 0 aliphatic rings. The quantitative estimate of drug-likeness (QED) is 0.807. The predicted molar refractivity (Wildman–Crippen MR) is 58.9 cm³/mol. The maximum Gasteiger partial charge on any atom is 0.237 e. The number of halogens is 1. The number of amides is 1. The first-order valence-corrected chi connectivity index (χ1v) is 5.74. The molecule has 0 aromatic carbocycles. The van der Waals surface area contributed by atoms with Crippen molar-refractivity contribution in [3.63, 3.8) is 0 Å². The molecule has 5 heteroatoms. The van der Waals surface area contributed by atoms with Gasteiger partial charge in [0.1, 0.15) is 5.38 Å². The van der Waals surface area contributed by atoms with Crippen molar-refractivity contribution < 1.29 is 4.79 Å². The number of alkyl halides is 1. The Kier molecular flexibility index (Phi) is 4.35. The van der Waals surface area contributed by atoms with E-state index in [4.69, 9.17) is 11.6 Å². The third kappa shape index (κ3) is 3.27. The van der Waals surface area contributed by atoms with Crippen LogP contribution in [0, 0.1) is 0 Å². The third-order valence-corrected chi connectivity index (χ3v) is 3.02. The lowest BCUT2D eigenvalue weighted by atomic mass is 10.2. The van der Waals surface area contributed by atoms with E-state index in [0.29, 0.717) is 6.54 Å². The van der Waals surface area contributed by atoms with Crippen LogP contribution in [0.4, 0.5) is 0 Å². The normalized spacial score (nSPS) is 14.8. The molecule has 1 N–H and O–H groups in total. The molecule has 3 nitrogen and oxygen atoms in total. The number of nitrogens with zero attached hydrogens (tertiary/aromatic N) is 1. The van der Waals surface area contributed by atoms with E-state index in [1.165, 1.54) is 0 Å². The summed E-state index contributed by atoms with van der Waals surface area (Å²) in [5, 5.41) is 5.26. The lowest BCUT2D eigenvalue weighted by molar-refractivity contribution is -0.120. The summed E-state index contributed by atoms with van der Waals surface area (Å²) in [6, 6.07) is 0. The standard InChI is InChI=1S/C9H13ClN2OS/c1-6(9-11-3-4-14-9)5-12-8(13)7(2)10/h3-4,6-7H,5H2,1-2H3,(H,12,13). The van der Waals surface area contributed by atoms with Crippen molar-refractivity contribution in [2.45, 2.75) is 25.1 Å². The summed E-state index contributed by atoms with van der Waals surface area (Å²) in [5.74, 6) is 0.115. The maximum atomic E-state index is 11.2. The second-order valence-electron chi connectivity index (χ2n) is 3.13. The zero-order valence-electron chi connectivity index (χ0n) is 8.16. The molecule has 1 aromatic rings. The van der Waals surface area contributed by atoms with Crippen LogP contribution in [0.2, 0.25) is 0 Å². The molecule has 0 radical (unpaired) electrons. The molecule has 0 fully saturated rings. The monoisotopic (exact) mass is 232 g/mol. The Morgan fingerprint density at radius 2 is 2.43 bits per heavy atom. The Balaban J connectivity index is 2.36. The molecule has 1 rings (SSSR count). The third-order valence-electron chi connectivity index (χ3n) is 1.82. The topological polar surface area (TPSA) is 42.0 Å². The fourth-order valence-corrected chi connectivity index (χ4v) is 1.74. The average molecular weight is 233 g/mol.